The normalized spacial score (nSPS) is 26.4. The van der Waals surface area contributed by atoms with Crippen LogP contribution in [0.25, 0.3) is 0 Å². The summed E-state index contributed by atoms with van der Waals surface area (Å²) in [5.74, 6) is 1.01. The van der Waals surface area contributed by atoms with Crippen LogP contribution in [0.1, 0.15) is 30.0 Å². The Balaban J connectivity index is 1.85. The fraction of sp³-hybridized carbons (Fsp3) is 0.533. The second kappa shape index (κ2) is 5.74. The highest BCUT2D eigenvalue weighted by atomic mass is 32.2. The van der Waals surface area contributed by atoms with E-state index in [1.54, 1.807) is 6.07 Å². The van der Waals surface area contributed by atoms with Gasteiger partial charge in [-0.2, -0.15) is 11.8 Å². The molecular formula is C15H18FNO2S. The Morgan fingerprint density at radius 1 is 1.50 bits per heavy atom. The highest BCUT2D eigenvalue weighted by molar-refractivity contribution is 7.99. The first-order valence-electron chi connectivity index (χ1n) is 6.99. The van der Waals surface area contributed by atoms with Gasteiger partial charge in [0.1, 0.15) is 5.82 Å². The molecule has 1 aromatic carbocycles. The molecule has 0 saturated carbocycles. The maximum absolute atomic E-state index is 13.8. The van der Waals surface area contributed by atoms with Gasteiger partial charge in [-0.05, 0) is 30.0 Å². The molecule has 0 radical (unpaired) electrons. The van der Waals surface area contributed by atoms with Gasteiger partial charge in [-0.25, -0.2) is 4.39 Å². The molecule has 1 N–H and O–H groups in total. The number of hydrogen-bond donors (Lipinski definition) is 1. The number of hydrogen-bond acceptors (Lipinski definition) is 3. The minimum absolute atomic E-state index is 0.0606. The van der Waals surface area contributed by atoms with Crippen LogP contribution in [-0.2, 0) is 11.2 Å². The molecule has 1 heterocycles. The van der Waals surface area contributed by atoms with E-state index >= 15 is 0 Å². The van der Waals surface area contributed by atoms with Crippen molar-refractivity contribution in [2.24, 2.45) is 0 Å². The summed E-state index contributed by atoms with van der Waals surface area (Å²) >= 11 is 1.81. The van der Waals surface area contributed by atoms with E-state index in [0.29, 0.717) is 0 Å². The Hall–Kier alpha value is -1.07. The van der Waals surface area contributed by atoms with E-state index in [0.717, 1.165) is 42.0 Å². The second-order valence-electron chi connectivity index (χ2n) is 5.43. The topological polar surface area (TPSA) is 40.5 Å². The molecule has 1 aromatic rings. The number of thioether (sulfide) groups is 1. The molecule has 108 valence electrons. The van der Waals surface area contributed by atoms with E-state index in [9.17, 15) is 9.18 Å². The van der Waals surface area contributed by atoms with Crippen molar-refractivity contribution in [3.05, 3.63) is 35.1 Å². The van der Waals surface area contributed by atoms with Crippen molar-refractivity contribution >= 4 is 17.7 Å². The molecule has 0 bridgehead atoms. The van der Waals surface area contributed by atoms with Gasteiger partial charge in [0.05, 0.1) is 6.42 Å². The first-order valence-corrected chi connectivity index (χ1v) is 8.15. The molecule has 1 saturated heterocycles. The van der Waals surface area contributed by atoms with Gasteiger partial charge in [-0.1, -0.05) is 12.1 Å². The lowest BCUT2D eigenvalue weighted by Crippen LogP contribution is -2.45. The monoisotopic (exact) mass is 295 g/mol. The van der Waals surface area contributed by atoms with Crippen molar-refractivity contribution in [3.63, 3.8) is 0 Å². The van der Waals surface area contributed by atoms with Crippen molar-refractivity contribution in [1.29, 1.82) is 0 Å². The van der Waals surface area contributed by atoms with Crippen LogP contribution in [0.4, 0.5) is 4.39 Å². The quantitative estimate of drug-likeness (QED) is 0.931. The van der Waals surface area contributed by atoms with Crippen LogP contribution in [0.5, 0.6) is 0 Å². The molecular weight excluding hydrogens is 277 g/mol. The van der Waals surface area contributed by atoms with Gasteiger partial charge in [0.15, 0.2) is 0 Å². The first kappa shape index (κ1) is 13.9. The second-order valence-corrected chi connectivity index (χ2v) is 6.58. The predicted molar refractivity (Wildman–Crippen MR) is 77.5 cm³/mol. The predicted octanol–water partition coefficient (Wildman–Crippen LogP) is 2.71. The minimum atomic E-state index is -0.750. The molecule has 5 heteroatoms. The number of nitrogens with zero attached hydrogens (tertiary/aromatic N) is 1. The van der Waals surface area contributed by atoms with Gasteiger partial charge in [-0.15, -0.1) is 0 Å². The Morgan fingerprint density at radius 3 is 3.15 bits per heavy atom. The smallest absolute Gasteiger partial charge is 0.304 e. The Kier molecular flexibility index (Phi) is 3.98. The lowest BCUT2D eigenvalue weighted by Gasteiger charge is -2.39. The molecule has 1 aliphatic carbocycles. The van der Waals surface area contributed by atoms with Gasteiger partial charge in [0.25, 0.3) is 0 Å². The van der Waals surface area contributed by atoms with Crippen molar-refractivity contribution in [2.75, 3.05) is 18.1 Å². The molecule has 1 fully saturated rings. The van der Waals surface area contributed by atoms with Crippen LogP contribution in [0, 0.1) is 5.82 Å². The van der Waals surface area contributed by atoms with E-state index in [1.165, 1.54) is 6.07 Å². The Labute approximate surface area is 122 Å². The summed E-state index contributed by atoms with van der Waals surface area (Å²) < 4.78 is 13.8. The standard InChI is InChI=1S/C15H18FNO2S/c16-13-3-1-2-12-11(13)4-5-14(12)17-6-7-20-9-10(17)8-15(18)19/h1-3,10,14H,4-9H2,(H,18,19). The van der Waals surface area contributed by atoms with Gasteiger partial charge in [0.2, 0.25) is 0 Å². The number of halogens is 1. The number of benzene rings is 1. The van der Waals surface area contributed by atoms with E-state index in [4.69, 9.17) is 5.11 Å². The van der Waals surface area contributed by atoms with E-state index in [2.05, 4.69) is 4.90 Å². The summed E-state index contributed by atoms with van der Waals surface area (Å²) in [6, 6.07) is 5.52. The molecule has 3 rings (SSSR count). The molecule has 0 amide bonds. The van der Waals surface area contributed by atoms with E-state index < -0.39 is 5.97 Å². The molecule has 0 spiro atoms. The van der Waals surface area contributed by atoms with Crippen LogP contribution in [0.2, 0.25) is 0 Å². The highest BCUT2D eigenvalue weighted by Gasteiger charge is 2.35. The number of rotatable bonds is 3. The lowest BCUT2D eigenvalue weighted by atomic mass is 10.0. The summed E-state index contributed by atoms with van der Waals surface area (Å²) in [6.07, 6.45) is 1.83. The van der Waals surface area contributed by atoms with Crippen LogP contribution >= 0.6 is 11.8 Å². The molecule has 20 heavy (non-hydrogen) atoms. The average Bonchev–Trinajstić information content (AvgIpc) is 2.84. The minimum Gasteiger partial charge on any atom is -0.481 e. The molecule has 2 aliphatic rings. The maximum Gasteiger partial charge on any atom is 0.304 e. The fourth-order valence-electron chi connectivity index (χ4n) is 3.39. The number of carboxylic acids is 1. The molecule has 3 nitrogen and oxygen atoms in total. The van der Waals surface area contributed by atoms with Crippen molar-refractivity contribution < 1.29 is 14.3 Å². The third kappa shape index (κ3) is 2.56. The van der Waals surface area contributed by atoms with Crippen LogP contribution < -0.4 is 0 Å². The SMILES string of the molecule is O=C(O)CC1CSCCN1C1CCc2c(F)cccc21. The van der Waals surface area contributed by atoms with Crippen LogP contribution in [-0.4, -0.2) is 40.1 Å². The van der Waals surface area contributed by atoms with Gasteiger partial charge >= 0.3 is 5.97 Å². The number of carboxylic acid groups (broad SMARTS) is 1. The largest absolute Gasteiger partial charge is 0.481 e. The summed E-state index contributed by atoms with van der Waals surface area (Å²) in [7, 11) is 0. The van der Waals surface area contributed by atoms with Crippen molar-refractivity contribution in [1.82, 2.24) is 4.90 Å². The van der Waals surface area contributed by atoms with Crippen molar-refractivity contribution in [3.8, 4) is 0 Å². The molecule has 2 atom stereocenters. The highest BCUT2D eigenvalue weighted by Crippen LogP contribution is 2.39. The zero-order valence-corrected chi connectivity index (χ0v) is 12.0. The first-order chi connectivity index (χ1) is 9.66. The summed E-state index contributed by atoms with van der Waals surface area (Å²) in [4.78, 5) is 13.3. The molecule has 1 aliphatic heterocycles. The van der Waals surface area contributed by atoms with Gasteiger partial charge in [0, 0.05) is 30.1 Å². The van der Waals surface area contributed by atoms with Crippen molar-refractivity contribution in [2.45, 2.75) is 31.3 Å². The number of carbonyl (C=O) groups is 1. The lowest BCUT2D eigenvalue weighted by molar-refractivity contribution is -0.138. The van der Waals surface area contributed by atoms with Gasteiger partial charge < -0.3 is 5.11 Å². The molecule has 2 unspecified atom stereocenters. The van der Waals surface area contributed by atoms with Crippen LogP contribution in [0.3, 0.4) is 0 Å². The Bertz CT molecular complexity index is 523. The average molecular weight is 295 g/mol. The maximum atomic E-state index is 13.8. The zero-order valence-electron chi connectivity index (χ0n) is 11.2. The summed E-state index contributed by atoms with van der Waals surface area (Å²) in [5, 5.41) is 9.07. The third-order valence-electron chi connectivity index (χ3n) is 4.27. The zero-order chi connectivity index (χ0) is 14.1. The Morgan fingerprint density at radius 2 is 2.35 bits per heavy atom. The summed E-state index contributed by atoms with van der Waals surface area (Å²) in [5.41, 5.74) is 1.89. The number of aliphatic carboxylic acids is 1. The van der Waals surface area contributed by atoms with Crippen LogP contribution in [0.15, 0.2) is 18.2 Å². The van der Waals surface area contributed by atoms with E-state index in [1.807, 2.05) is 17.8 Å². The summed E-state index contributed by atoms with van der Waals surface area (Å²) in [6.45, 7) is 0.892. The fourth-order valence-corrected chi connectivity index (χ4v) is 4.48. The van der Waals surface area contributed by atoms with E-state index in [-0.39, 0.29) is 24.3 Å². The van der Waals surface area contributed by atoms with Gasteiger partial charge in [-0.3, -0.25) is 9.69 Å². The molecule has 0 aromatic heterocycles. The third-order valence-corrected chi connectivity index (χ3v) is 5.36. The number of fused-ring (bicyclic) bond motifs is 1.